The summed E-state index contributed by atoms with van der Waals surface area (Å²) in [6, 6.07) is 3.01. The molecule has 1 aromatic rings. The van der Waals surface area contributed by atoms with E-state index in [1.807, 2.05) is 0 Å². The molecule has 0 saturated carbocycles. The first kappa shape index (κ1) is 18.7. The molecule has 0 amide bonds. The Morgan fingerprint density at radius 2 is 2.04 bits per heavy atom. The minimum Gasteiger partial charge on any atom is -0.326 e. The molecule has 2 rings (SSSR count). The van der Waals surface area contributed by atoms with Crippen molar-refractivity contribution in [1.82, 2.24) is 4.31 Å². The summed E-state index contributed by atoms with van der Waals surface area (Å²) in [5.41, 5.74) is 3.99. The number of benzene rings is 1. The largest absolute Gasteiger partial charge is 0.417 e. The van der Waals surface area contributed by atoms with Crippen molar-refractivity contribution in [2.24, 2.45) is 5.73 Å². The topological polar surface area (TPSA) is 87.2 Å². The van der Waals surface area contributed by atoms with Crippen LogP contribution in [0.2, 0.25) is 0 Å². The normalized spacial score (nSPS) is 21.2. The van der Waals surface area contributed by atoms with Crippen molar-refractivity contribution >= 4 is 10.0 Å². The minimum absolute atomic E-state index is 0.218. The van der Waals surface area contributed by atoms with Gasteiger partial charge in [0.2, 0.25) is 10.0 Å². The maximum absolute atomic E-state index is 13.1. The fourth-order valence-electron chi connectivity index (χ4n) is 2.91. The zero-order chi connectivity index (χ0) is 18.1. The van der Waals surface area contributed by atoms with Crippen molar-refractivity contribution < 1.29 is 21.6 Å². The van der Waals surface area contributed by atoms with Gasteiger partial charge in [0.1, 0.15) is 0 Å². The molecule has 132 valence electrons. The van der Waals surface area contributed by atoms with Gasteiger partial charge >= 0.3 is 6.18 Å². The number of alkyl halides is 3. The highest BCUT2D eigenvalue weighted by molar-refractivity contribution is 7.89. The van der Waals surface area contributed by atoms with Gasteiger partial charge in [-0.05, 0) is 38.0 Å². The number of nitrogens with two attached hydrogens (primary N) is 1. The monoisotopic (exact) mass is 361 g/mol. The lowest BCUT2D eigenvalue weighted by molar-refractivity contribution is -0.137. The molecule has 0 radical (unpaired) electrons. The highest BCUT2D eigenvalue weighted by Gasteiger charge is 2.38. The number of sulfonamides is 1. The van der Waals surface area contributed by atoms with E-state index in [-0.39, 0.29) is 6.54 Å². The molecule has 1 fully saturated rings. The van der Waals surface area contributed by atoms with Gasteiger partial charge in [0.05, 0.1) is 22.1 Å². The lowest BCUT2D eigenvalue weighted by Gasteiger charge is -2.37. The number of piperidine rings is 1. The van der Waals surface area contributed by atoms with Crippen LogP contribution in [0.25, 0.3) is 0 Å². The van der Waals surface area contributed by atoms with Crippen LogP contribution in [0, 0.1) is 11.3 Å². The lowest BCUT2D eigenvalue weighted by atomic mass is 10.00. The van der Waals surface area contributed by atoms with Crippen LogP contribution in [-0.4, -0.2) is 31.4 Å². The maximum atomic E-state index is 13.1. The fourth-order valence-corrected chi connectivity index (χ4v) is 4.71. The molecule has 5 nitrogen and oxygen atoms in total. The zero-order valence-corrected chi connectivity index (χ0v) is 13.9. The van der Waals surface area contributed by atoms with E-state index in [0.717, 1.165) is 18.6 Å². The minimum atomic E-state index is -4.81. The van der Waals surface area contributed by atoms with Crippen LogP contribution < -0.4 is 5.73 Å². The van der Waals surface area contributed by atoms with Crippen LogP contribution in [-0.2, 0) is 16.2 Å². The van der Waals surface area contributed by atoms with Crippen LogP contribution >= 0.6 is 0 Å². The van der Waals surface area contributed by atoms with Crippen molar-refractivity contribution in [1.29, 1.82) is 5.26 Å². The Morgan fingerprint density at radius 1 is 1.38 bits per heavy atom. The summed E-state index contributed by atoms with van der Waals surface area (Å²) in [5, 5.41) is 8.81. The number of rotatable bonds is 3. The van der Waals surface area contributed by atoms with E-state index in [9.17, 15) is 21.6 Å². The first-order valence-electron chi connectivity index (χ1n) is 7.48. The Morgan fingerprint density at radius 3 is 2.58 bits per heavy atom. The summed E-state index contributed by atoms with van der Waals surface area (Å²) in [7, 11) is -4.12. The van der Waals surface area contributed by atoms with Gasteiger partial charge in [-0.1, -0.05) is 6.42 Å². The van der Waals surface area contributed by atoms with Gasteiger partial charge < -0.3 is 5.73 Å². The molecule has 2 N–H and O–H groups in total. The number of hydrogen-bond donors (Lipinski definition) is 1. The molecule has 0 bridgehead atoms. The molecule has 1 saturated heterocycles. The second-order valence-electron chi connectivity index (χ2n) is 5.85. The first-order valence-corrected chi connectivity index (χ1v) is 8.92. The molecular formula is C15H18F3N3O2S. The lowest BCUT2D eigenvalue weighted by Crippen LogP contribution is -2.51. The summed E-state index contributed by atoms with van der Waals surface area (Å²) in [6.45, 7) is 1.90. The Bertz CT molecular complexity index is 754. The van der Waals surface area contributed by atoms with E-state index in [2.05, 4.69) is 0 Å². The van der Waals surface area contributed by atoms with E-state index in [1.165, 1.54) is 10.4 Å². The smallest absolute Gasteiger partial charge is 0.326 e. The Kier molecular flexibility index (Phi) is 5.22. The van der Waals surface area contributed by atoms with Crippen LogP contribution in [0.15, 0.2) is 23.1 Å². The van der Waals surface area contributed by atoms with Gasteiger partial charge in [-0.2, -0.15) is 22.7 Å². The third kappa shape index (κ3) is 3.55. The van der Waals surface area contributed by atoms with E-state index >= 15 is 0 Å². The van der Waals surface area contributed by atoms with Crippen molar-refractivity contribution in [3.05, 3.63) is 29.3 Å². The number of hydrogen-bond acceptors (Lipinski definition) is 4. The maximum Gasteiger partial charge on any atom is 0.417 e. The number of nitriles is 1. The Labute approximate surface area is 138 Å². The predicted octanol–water partition coefficient (Wildman–Crippen LogP) is 2.47. The van der Waals surface area contributed by atoms with Crippen molar-refractivity contribution in [3.8, 4) is 6.07 Å². The van der Waals surface area contributed by atoms with Crippen LogP contribution in [0.5, 0.6) is 0 Å². The number of nitrogens with zero attached hydrogens (tertiary/aromatic N) is 2. The SMILES string of the molecule is C[C@H](N)[C@@H]1CCCCN1S(=O)(=O)c1ccc(C#N)c(C(F)(F)F)c1. The Balaban J connectivity index is 2.52. The average molecular weight is 361 g/mol. The molecule has 0 unspecified atom stereocenters. The van der Waals surface area contributed by atoms with Gasteiger partial charge in [0, 0.05) is 18.6 Å². The molecule has 1 aromatic carbocycles. The summed E-state index contributed by atoms with van der Waals surface area (Å²) in [6.07, 6.45) is -2.79. The van der Waals surface area contributed by atoms with E-state index in [4.69, 9.17) is 11.0 Å². The molecule has 0 aliphatic carbocycles. The summed E-state index contributed by atoms with van der Waals surface area (Å²) in [4.78, 5) is -0.471. The van der Waals surface area contributed by atoms with Gasteiger partial charge in [-0.25, -0.2) is 8.42 Å². The molecule has 24 heavy (non-hydrogen) atoms. The number of halogens is 3. The summed E-state index contributed by atoms with van der Waals surface area (Å²) >= 11 is 0. The average Bonchev–Trinajstić information content (AvgIpc) is 2.53. The predicted molar refractivity (Wildman–Crippen MR) is 81.3 cm³/mol. The van der Waals surface area contributed by atoms with E-state index < -0.39 is 44.3 Å². The fraction of sp³-hybridized carbons (Fsp3) is 0.533. The highest BCUT2D eigenvalue weighted by atomic mass is 32.2. The van der Waals surface area contributed by atoms with Gasteiger partial charge in [0.25, 0.3) is 0 Å². The van der Waals surface area contributed by atoms with Gasteiger partial charge in [-0.15, -0.1) is 0 Å². The van der Waals surface area contributed by atoms with Crippen molar-refractivity contribution in [3.63, 3.8) is 0 Å². The van der Waals surface area contributed by atoms with Crippen molar-refractivity contribution in [2.75, 3.05) is 6.54 Å². The molecular weight excluding hydrogens is 343 g/mol. The molecule has 9 heteroatoms. The standard InChI is InChI=1S/C15H18F3N3O2S/c1-10(20)14-4-2-3-7-21(14)24(22,23)12-6-5-11(9-19)13(8-12)15(16,17)18/h5-6,8,10,14H,2-4,7,20H2,1H3/t10-,14-/m0/s1. The van der Waals surface area contributed by atoms with Gasteiger partial charge in [-0.3, -0.25) is 0 Å². The summed E-state index contributed by atoms with van der Waals surface area (Å²) < 4.78 is 66.0. The second-order valence-corrected chi connectivity index (χ2v) is 7.75. The quantitative estimate of drug-likeness (QED) is 0.896. The third-order valence-corrected chi connectivity index (χ3v) is 6.05. The molecule has 1 aliphatic heterocycles. The second kappa shape index (κ2) is 6.70. The zero-order valence-electron chi connectivity index (χ0n) is 13.0. The van der Waals surface area contributed by atoms with E-state index in [0.29, 0.717) is 18.9 Å². The highest BCUT2D eigenvalue weighted by Crippen LogP contribution is 2.35. The van der Waals surface area contributed by atoms with E-state index in [1.54, 1.807) is 6.92 Å². The van der Waals surface area contributed by atoms with Crippen LogP contribution in [0.3, 0.4) is 0 Å². The van der Waals surface area contributed by atoms with Crippen LogP contribution in [0.4, 0.5) is 13.2 Å². The molecule has 0 spiro atoms. The third-order valence-electron chi connectivity index (χ3n) is 4.13. The summed E-state index contributed by atoms with van der Waals surface area (Å²) in [5.74, 6) is 0. The molecule has 1 heterocycles. The molecule has 0 aromatic heterocycles. The molecule has 1 aliphatic rings. The van der Waals surface area contributed by atoms with Gasteiger partial charge in [0.15, 0.2) is 0 Å². The van der Waals surface area contributed by atoms with Crippen LogP contribution in [0.1, 0.15) is 37.3 Å². The Hall–Kier alpha value is -1.63. The first-order chi connectivity index (χ1) is 11.1. The van der Waals surface area contributed by atoms with Crippen molar-refractivity contribution in [2.45, 2.75) is 49.3 Å². The molecule has 2 atom stereocenters.